The SMILES string of the molecule is NCc1c(F)cccc1-c1ccccc1. The van der Waals surface area contributed by atoms with E-state index in [1.807, 2.05) is 36.4 Å². The molecule has 0 radical (unpaired) electrons. The molecule has 2 rings (SSSR count). The molecule has 0 aliphatic rings. The van der Waals surface area contributed by atoms with Crippen LogP contribution in [0.15, 0.2) is 48.5 Å². The third kappa shape index (κ3) is 1.90. The van der Waals surface area contributed by atoms with Gasteiger partial charge in [0.1, 0.15) is 5.82 Å². The highest BCUT2D eigenvalue weighted by molar-refractivity contribution is 5.67. The fourth-order valence-corrected chi connectivity index (χ4v) is 1.65. The second-order valence-corrected chi connectivity index (χ2v) is 3.34. The normalized spacial score (nSPS) is 10.3. The Balaban J connectivity index is 2.58. The zero-order valence-corrected chi connectivity index (χ0v) is 8.28. The maximum atomic E-state index is 13.5. The van der Waals surface area contributed by atoms with Crippen LogP contribution in [-0.2, 0) is 6.54 Å². The van der Waals surface area contributed by atoms with Crippen molar-refractivity contribution in [3.05, 3.63) is 59.9 Å². The van der Waals surface area contributed by atoms with Gasteiger partial charge in [0, 0.05) is 12.1 Å². The minimum atomic E-state index is -0.237. The van der Waals surface area contributed by atoms with E-state index in [4.69, 9.17) is 5.73 Å². The number of hydrogen-bond donors (Lipinski definition) is 1. The van der Waals surface area contributed by atoms with Gasteiger partial charge < -0.3 is 5.73 Å². The quantitative estimate of drug-likeness (QED) is 0.794. The molecule has 0 saturated carbocycles. The summed E-state index contributed by atoms with van der Waals surface area (Å²) in [4.78, 5) is 0. The van der Waals surface area contributed by atoms with E-state index in [1.54, 1.807) is 6.07 Å². The highest BCUT2D eigenvalue weighted by atomic mass is 19.1. The van der Waals surface area contributed by atoms with Crippen molar-refractivity contribution in [1.82, 2.24) is 0 Å². The second-order valence-electron chi connectivity index (χ2n) is 3.34. The van der Waals surface area contributed by atoms with Crippen LogP contribution in [0.3, 0.4) is 0 Å². The molecule has 2 aromatic carbocycles. The Morgan fingerprint density at radius 2 is 1.67 bits per heavy atom. The van der Waals surface area contributed by atoms with Crippen molar-refractivity contribution in [1.29, 1.82) is 0 Å². The number of halogens is 1. The molecule has 1 nitrogen and oxygen atoms in total. The summed E-state index contributed by atoms with van der Waals surface area (Å²) in [6.07, 6.45) is 0. The molecule has 0 fully saturated rings. The summed E-state index contributed by atoms with van der Waals surface area (Å²) < 4.78 is 13.5. The van der Waals surface area contributed by atoms with Crippen LogP contribution in [0.1, 0.15) is 5.56 Å². The molecule has 15 heavy (non-hydrogen) atoms. The maximum Gasteiger partial charge on any atom is 0.128 e. The maximum absolute atomic E-state index is 13.5. The van der Waals surface area contributed by atoms with Crippen molar-refractivity contribution in [2.75, 3.05) is 0 Å². The Morgan fingerprint density at radius 1 is 0.933 bits per heavy atom. The van der Waals surface area contributed by atoms with E-state index in [2.05, 4.69) is 0 Å². The van der Waals surface area contributed by atoms with Gasteiger partial charge in [-0.25, -0.2) is 4.39 Å². The molecular weight excluding hydrogens is 189 g/mol. The van der Waals surface area contributed by atoms with E-state index in [1.165, 1.54) is 6.07 Å². The van der Waals surface area contributed by atoms with Gasteiger partial charge >= 0.3 is 0 Å². The van der Waals surface area contributed by atoms with Crippen LogP contribution >= 0.6 is 0 Å². The van der Waals surface area contributed by atoms with Crippen LogP contribution in [0.2, 0.25) is 0 Å². The Labute approximate surface area is 88.4 Å². The van der Waals surface area contributed by atoms with Crippen LogP contribution in [-0.4, -0.2) is 0 Å². The number of nitrogens with two attached hydrogens (primary N) is 1. The largest absolute Gasteiger partial charge is 0.326 e. The second kappa shape index (κ2) is 4.24. The smallest absolute Gasteiger partial charge is 0.128 e. The Kier molecular flexibility index (Phi) is 2.79. The van der Waals surface area contributed by atoms with Crippen LogP contribution in [0.25, 0.3) is 11.1 Å². The fourth-order valence-electron chi connectivity index (χ4n) is 1.65. The Bertz CT molecular complexity index is 451. The van der Waals surface area contributed by atoms with E-state index < -0.39 is 0 Å². The van der Waals surface area contributed by atoms with Crippen molar-refractivity contribution in [3.63, 3.8) is 0 Å². The van der Waals surface area contributed by atoms with Crippen molar-refractivity contribution in [2.45, 2.75) is 6.54 Å². The van der Waals surface area contributed by atoms with Crippen LogP contribution in [0, 0.1) is 5.82 Å². The molecule has 2 heteroatoms. The molecule has 0 bridgehead atoms. The van der Waals surface area contributed by atoms with Crippen LogP contribution < -0.4 is 5.73 Å². The minimum Gasteiger partial charge on any atom is -0.326 e. The topological polar surface area (TPSA) is 26.0 Å². The van der Waals surface area contributed by atoms with Gasteiger partial charge in [-0.15, -0.1) is 0 Å². The molecule has 0 unspecified atom stereocenters. The molecule has 0 spiro atoms. The van der Waals surface area contributed by atoms with E-state index in [-0.39, 0.29) is 12.4 Å². The summed E-state index contributed by atoms with van der Waals surface area (Å²) >= 11 is 0. The van der Waals surface area contributed by atoms with Crippen molar-refractivity contribution < 1.29 is 4.39 Å². The summed E-state index contributed by atoms with van der Waals surface area (Å²) in [7, 11) is 0. The average molecular weight is 201 g/mol. The van der Waals surface area contributed by atoms with Gasteiger partial charge in [0.15, 0.2) is 0 Å². The van der Waals surface area contributed by atoms with Gasteiger partial charge in [-0.05, 0) is 17.2 Å². The molecule has 0 aliphatic carbocycles. The molecule has 0 aromatic heterocycles. The first-order chi connectivity index (χ1) is 7.33. The lowest BCUT2D eigenvalue weighted by Crippen LogP contribution is -2.02. The van der Waals surface area contributed by atoms with E-state index >= 15 is 0 Å². The standard InChI is InChI=1S/C13H12FN/c14-13-8-4-7-11(12(13)9-15)10-5-2-1-3-6-10/h1-8H,9,15H2. The Hall–Kier alpha value is -1.67. The molecule has 0 aliphatic heterocycles. The number of benzene rings is 2. The van der Waals surface area contributed by atoms with Gasteiger partial charge in [-0.2, -0.15) is 0 Å². The molecule has 2 aromatic rings. The lowest BCUT2D eigenvalue weighted by molar-refractivity contribution is 0.611. The minimum absolute atomic E-state index is 0.219. The van der Waals surface area contributed by atoms with E-state index in [9.17, 15) is 4.39 Å². The summed E-state index contributed by atoms with van der Waals surface area (Å²) in [5.74, 6) is -0.237. The van der Waals surface area contributed by atoms with Gasteiger partial charge in [0.05, 0.1) is 0 Å². The fraction of sp³-hybridized carbons (Fsp3) is 0.0769. The third-order valence-corrected chi connectivity index (χ3v) is 2.41. The molecule has 0 atom stereocenters. The van der Waals surface area contributed by atoms with Gasteiger partial charge in [0.25, 0.3) is 0 Å². The van der Waals surface area contributed by atoms with E-state index in [0.29, 0.717) is 5.56 Å². The summed E-state index contributed by atoms with van der Waals surface area (Å²) in [6.45, 7) is 0.219. The first-order valence-electron chi connectivity index (χ1n) is 4.86. The molecule has 0 heterocycles. The molecule has 2 N–H and O–H groups in total. The van der Waals surface area contributed by atoms with Gasteiger partial charge in [-0.3, -0.25) is 0 Å². The first-order valence-corrected chi connectivity index (χ1v) is 4.86. The predicted molar refractivity (Wildman–Crippen MR) is 59.7 cm³/mol. The van der Waals surface area contributed by atoms with Crippen LogP contribution in [0.5, 0.6) is 0 Å². The Morgan fingerprint density at radius 3 is 2.33 bits per heavy atom. The number of hydrogen-bond acceptors (Lipinski definition) is 1. The lowest BCUT2D eigenvalue weighted by atomic mass is 9.99. The van der Waals surface area contributed by atoms with E-state index in [0.717, 1.165) is 11.1 Å². The van der Waals surface area contributed by atoms with Crippen molar-refractivity contribution >= 4 is 0 Å². The van der Waals surface area contributed by atoms with Gasteiger partial charge in [-0.1, -0.05) is 42.5 Å². The monoisotopic (exact) mass is 201 g/mol. The van der Waals surface area contributed by atoms with Crippen molar-refractivity contribution in [3.8, 4) is 11.1 Å². The average Bonchev–Trinajstić information content (AvgIpc) is 2.30. The first kappa shape index (κ1) is 9.87. The zero-order chi connectivity index (χ0) is 10.7. The highest BCUT2D eigenvalue weighted by Crippen LogP contribution is 2.24. The third-order valence-electron chi connectivity index (χ3n) is 2.41. The zero-order valence-electron chi connectivity index (χ0n) is 8.28. The lowest BCUT2D eigenvalue weighted by Gasteiger charge is -2.08. The number of rotatable bonds is 2. The van der Waals surface area contributed by atoms with Crippen LogP contribution in [0.4, 0.5) is 4.39 Å². The predicted octanol–water partition coefficient (Wildman–Crippen LogP) is 2.95. The summed E-state index contributed by atoms with van der Waals surface area (Å²) in [5.41, 5.74) is 7.99. The molecule has 0 saturated heterocycles. The summed E-state index contributed by atoms with van der Waals surface area (Å²) in [5, 5.41) is 0. The van der Waals surface area contributed by atoms with Gasteiger partial charge in [0.2, 0.25) is 0 Å². The summed E-state index contributed by atoms with van der Waals surface area (Å²) in [6, 6.07) is 14.7. The molecule has 76 valence electrons. The molecule has 0 amide bonds. The highest BCUT2D eigenvalue weighted by Gasteiger charge is 2.07. The van der Waals surface area contributed by atoms with Crippen molar-refractivity contribution in [2.24, 2.45) is 5.73 Å². The molecular formula is C13H12FN.